The molecule has 30 heavy (non-hydrogen) atoms. The van der Waals surface area contributed by atoms with Crippen LogP contribution in [0.4, 0.5) is 0 Å². The van der Waals surface area contributed by atoms with Gasteiger partial charge in [-0.2, -0.15) is 0 Å². The van der Waals surface area contributed by atoms with Gasteiger partial charge < -0.3 is 9.80 Å². The van der Waals surface area contributed by atoms with E-state index in [9.17, 15) is 9.59 Å². The molecule has 2 heterocycles. The summed E-state index contributed by atoms with van der Waals surface area (Å²) in [5, 5.41) is 2.13. The van der Waals surface area contributed by atoms with E-state index in [1.54, 1.807) is 16.2 Å². The van der Waals surface area contributed by atoms with Crippen LogP contribution in [0.1, 0.15) is 73.6 Å². The average Bonchev–Trinajstić information content (AvgIpc) is 3.23. The van der Waals surface area contributed by atoms with E-state index < -0.39 is 0 Å². The molecule has 5 heteroatoms. The Labute approximate surface area is 184 Å². The molecular formula is C25H34N2O2S. The summed E-state index contributed by atoms with van der Waals surface area (Å²) in [5.74, 6) is 0.167. The van der Waals surface area contributed by atoms with Gasteiger partial charge in [-0.25, -0.2) is 0 Å². The van der Waals surface area contributed by atoms with Gasteiger partial charge in [0.15, 0.2) is 0 Å². The van der Waals surface area contributed by atoms with Crippen LogP contribution in [0.2, 0.25) is 0 Å². The Bertz CT molecular complexity index is 860. The largest absolute Gasteiger partial charge is 0.333 e. The summed E-state index contributed by atoms with van der Waals surface area (Å²) in [6, 6.07) is 10.4. The van der Waals surface area contributed by atoms with E-state index in [4.69, 9.17) is 0 Å². The quantitative estimate of drug-likeness (QED) is 0.542. The molecule has 1 aliphatic rings. The summed E-state index contributed by atoms with van der Waals surface area (Å²) < 4.78 is 0. The van der Waals surface area contributed by atoms with Gasteiger partial charge in [-0.1, -0.05) is 51.0 Å². The lowest BCUT2D eigenvalue weighted by Crippen LogP contribution is -2.47. The lowest BCUT2D eigenvalue weighted by Gasteiger charge is -2.38. The zero-order valence-corrected chi connectivity index (χ0v) is 19.3. The van der Waals surface area contributed by atoms with Crippen molar-refractivity contribution in [2.75, 3.05) is 19.6 Å². The third kappa shape index (κ3) is 5.12. The van der Waals surface area contributed by atoms with Crippen molar-refractivity contribution in [3.63, 3.8) is 0 Å². The van der Waals surface area contributed by atoms with Crippen LogP contribution in [0.15, 0.2) is 35.7 Å². The summed E-state index contributed by atoms with van der Waals surface area (Å²) in [5.41, 5.74) is 3.62. The standard InChI is InChI=1S/C25H34N2O2S/c1-4-6-12-23(28)26(15-7-5-2)18-24(29)27-16-13-22-21(14-17-30-22)25(27)20-11-9-8-10-19(20)3/h8-11,14,17,25H,4-7,12-13,15-16,18H2,1-3H3/t25-/m0/s1. The van der Waals surface area contributed by atoms with Crippen molar-refractivity contribution in [1.82, 2.24) is 9.80 Å². The Hall–Kier alpha value is -2.14. The fraction of sp³-hybridized carbons (Fsp3) is 0.520. The maximum absolute atomic E-state index is 13.5. The fourth-order valence-electron chi connectivity index (χ4n) is 4.20. The van der Waals surface area contributed by atoms with E-state index in [1.165, 1.54) is 21.6 Å². The number of fused-ring (bicyclic) bond motifs is 1. The molecule has 1 aliphatic heterocycles. The second-order valence-corrected chi connectivity index (χ2v) is 9.17. The minimum atomic E-state index is -0.0625. The normalized spacial score (nSPS) is 15.7. The number of amides is 2. The highest BCUT2D eigenvalue weighted by molar-refractivity contribution is 7.10. The van der Waals surface area contributed by atoms with Crippen molar-refractivity contribution < 1.29 is 9.59 Å². The molecule has 4 nitrogen and oxygen atoms in total. The molecule has 2 aromatic rings. The molecule has 0 spiro atoms. The van der Waals surface area contributed by atoms with Crippen molar-refractivity contribution >= 4 is 23.2 Å². The third-order valence-electron chi connectivity index (χ3n) is 5.97. The van der Waals surface area contributed by atoms with E-state index in [-0.39, 0.29) is 24.4 Å². The van der Waals surface area contributed by atoms with Gasteiger partial charge >= 0.3 is 0 Å². The molecule has 1 aromatic carbocycles. The molecule has 1 aromatic heterocycles. The zero-order chi connectivity index (χ0) is 21.5. The number of unbranched alkanes of at least 4 members (excludes halogenated alkanes) is 2. The first-order valence-corrected chi connectivity index (χ1v) is 12.1. The number of carbonyl (C=O) groups is 2. The smallest absolute Gasteiger partial charge is 0.242 e. The highest BCUT2D eigenvalue weighted by atomic mass is 32.1. The Kier molecular flexibility index (Phi) is 8.08. The summed E-state index contributed by atoms with van der Waals surface area (Å²) in [6.45, 7) is 7.87. The Morgan fingerprint density at radius 2 is 1.87 bits per heavy atom. The topological polar surface area (TPSA) is 40.6 Å². The van der Waals surface area contributed by atoms with Crippen LogP contribution in [0.3, 0.4) is 0 Å². The first kappa shape index (κ1) is 22.5. The number of nitrogens with zero attached hydrogens (tertiary/aromatic N) is 2. The van der Waals surface area contributed by atoms with Gasteiger partial charge in [-0.05, 0) is 54.3 Å². The summed E-state index contributed by atoms with van der Waals surface area (Å²) >= 11 is 1.78. The van der Waals surface area contributed by atoms with Crippen LogP contribution in [0.25, 0.3) is 0 Å². The van der Waals surface area contributed by atoms with Crippen molar-refractivity contribution in [3.8, 4) is 0 Å². The first-order chi connectivity index (χ1) is 14.6. The minimum Gasteiger partial charge on any atom is -0.333 e. The Balaban J connectivity index is 1.85. The average molecular weight is 427 g/mol. The molecule has 162 valence electrons. The van der Waals surface area contributed by atoms with Gasteiger partial charge in [0, 0.05) is 24.4 Å². The van der Waals surface area contributed by atoms with Crippen LogP contribution in [-0.4, -0.2) is 41.2 Å². The number of thiophene rings is 1. The van der Waals surface area contributed by atoms with E-state index in [2.05, 4.69) is 44.4 Å². The van der Waals surface area contributed by atoms with E-state index in [0.29, 0.717) is 19.5 Å². The van der Waals surface area contributed by atoms with Crippen molar-refractivity contribution in [1.29, 1.82) is 0 Å². The lowest BCUT2D eigenvalue weighted by molar-refractivity contribution is -0.141. The number of benzene rings is 1. The Morgan fingerprint density at radius 3 is 2.60 bits per heavy atom. The second kappa shape index (κ2) is 10.8. The molecule has 2 amide bonds. The molecule has 0 N–H and O–H groups in total. The number of rotatable bonds is 9. The monoisotopic (exact) mass is 426 g/mol. The van der Waals surface area contributed by atoms with Crippen LogP contribution in [0.5, 0.6) is 0 Å². The molecule has 0 unspecified atom stereocenters. The SMILES string of the molecule is CCCCC(=O)N(CCCC)CC(=O)N1CCc2sccc2[C@@H]1c1ccccc1C. The van der Waals surface area contributed by atoms with Gasteiger partial charge in [0.05, 0.1) is 12.6 Å². The van der Waals surface area contributed by atoms with Gasteiger partial charge in [-0.15, -0.1) is 11.3 Å². The predicted molar refractivity (Wildman–Crippen MR) is 124 cm³/mol. The predicted octanol–water partition coefficient (Wildman–Crippen LogP) is 5.35. The number of hydrogen-bond acceptors (Lipinski definition) is 3. The van der Waals surface area contributed by atoms with E-state index >= 15 is 0 Å². The highest BCUT2D eigenvalue weighted by Crippen LogP contribution is 2.39. The molecule has 0 saturated carbocycles. The van der Waals surface area contributed by atoms with Crippen molar-refractivity contribution in [2.24, 2.45) is 0 Å². The van der Waals surface area contributed by atoms with Gasteiger partial charge in [-0.3, -0.25) is 9.59 Å². The molecule has 0 aliphatic carbocycles. The van der Waals surface area contributed by atoms with Gasteiger partial charge in [0.25, 0.3) is 0 Å². The van der Waals surface area contributed by atoms with Crippen LogP contribution >= 0.6 is 11.3 Å². The van der Waals surface area contributed by atoms with Gasteiger partial charge in [0.2, 0.25) is 11.8 Å². The van der Waals surface area contributed by atoms with Crippen molar-refractivity contribution in [3.05, 3.63) is 57.3 Å². The highest BCUT2D eigenvalue weighted by Gasteiger charge is 2.34. The molecule has 0 saturated heterocycles. The Morgan fingerprint density at radius 1 is 1.10 bits per heavy atom. The maximum Gasteiger partial charge on any atom is 0.242 e. The summed E-state index contributed by atoms with van der Waals surface area (Å²) in [7, 11) is 0. The molecule has 0 bridgehead atoms. The van der Waals surface area contributed by atoms with Crippen LogP contribution < -0.4 is 0 Å². The second-order valence-electron chi connectivity index (χ2n) is 8.17. The molecule has 0 radical (unpaired) electrons. The van der Waals surface area contributed by atoms with E-state index in [1.807, 2.05) is 17.0 Å². The first-order valence-electron chi connectivity index (χ1n) is 11.3. The number of aryl methyl sites for hydroxylation is 1. The molecule has 0 fully saturated rings. The number of carbonyl (C=O) groups excluding carboxylic acids is 2. The maximum atomic E-state index is 13.5. The molecular weight excluding hydrogens is 392 g/mol. The molecule has 3 rings (SSSR count). The van der Waals surface area contributed by atoms with Crippen molar-refractivity contribution in [2.45, 2.75) is 65.3 Å². The third-order valence-corrected chi connectivity index (χ3v) is 6.97. The summed E-state index contributed by atoms with van der Waals surface area (Å²) in [4.78, 5) is 31.4. The molecule has 1 atom stereocenters. The van der Waals surface area contributed by atoms with Crippen LogP contribution in [0, 0.1) is 6.92 Å². The number of hydrogen-bond donors (Lipinski definition) is 0. The zero-order valence-electron chi connectivity index (χ0n) is 18.5. The lowest BCUT2D eigenvalue weighted by atomic mass is 9.90. The minimum absolute atomic E-state index is 0.0565. The van der Waals surface area contributed by atoms with Crippen LogP contribution in [-0.2, 0) is 16.0 Å². The fourth-order valence-corrected chi connectivity index (χ4v) is 5.10. The van der Waals surface area contributed by atoms with Gasteiger partial charge in [0.1, 0.15) is 0 Å². The summed E-state index contributed by atoms with van der Waals surface area (Å²) in [6.07, 6.45) is 5.23. The van der Waals surface area contributed by atoms with E-state index in [0.717, 1.165) is 32.1 Å².